The Bertz CT molecular complexity index is 933. The minimum Gasteiger partial charge on any atom is -0.488 e. The molecule has 0 atom stereocenters. The Morgan fingerprint density at radius 3 is 2.62 bits per heavy atom. The molecule has 8 heteroatoms. The van der Waals surface area contributed by atoms with Gasteiger partial charge in [0.25, 0.3) is 11.1 Å². The lowest BCUT2D eigenvalue weighted by atomic mass is 10.1. The number of hydrogen-bond donors (Lipinski definition) is 0. The normalized spacial score (nSPS) is 15.8. The SMILES string of the molecule is CN1C(=O)S/C(=C\c2cc(Br)ccc2OCc2ccc(Cl)cc2Cl)C1=O. The number of likely N-dealkylation sites (N-methyl/N-ethyl adjacent to an activating group) is 1. The number of imide groups is 1. The molecule has 1 fully saturated rings. The molecule has 1 heterocycles. The molecule has 134 valence electrons. The number of carbonyl (C=O) groups is 2. The van der Waals surface area contributed by atoms with Gasteiger partial charge >= 0.3 is 0 Å². The molecule has 26 heavy (non-hydrogen) atoms. The summed E-state index contributed by atoms with van der Waals surface area (Å²) in [6.45, 7) is 0.244. The number of carbonyl (C=O) groups excluding carboxylic acids is 2. The second-order valence-electron chi connectivity index (χ2n) is 5.45. The van der Waals surface area contributed by atoms with Crippen molar-refractivity contribution in [3.63, 3.8) is 0 Å². The largest absolute Gasteiger partial charge is 0.488 e. The average molecular weight is 473 g/mol. The highest BCUT2D eigenvalue weighted by Crippen LogP contribution is 2.34. The highest BCUT2D eigenvalue weighted by atomic mass is 79.9. The third kappa shape index (κ3) is 4.26. The van der Waals surface area contributed by atoms with Gasteiger partial charge in [-0.15, -0.1) is 0 Å². The van der Waals surface area contributed by atoms with Crippen LogP contribution in [-0.4, -0.2) is 23.1 Å². The van der Waals surface area contributed by atoms with E-state index in [1.165, 1.54) is 7.05 Å². The lowest BCUT2D eigenvalue weighted by Gasteiger charge is -2.11. The molecule has 4 nitrogen and oxygen atoms in total. The summed E-state index contributed by atoms with van der Waals surface area (Å²) < 4.78 is 6.72. The van der Waals surface area contributed by atoms with Crippen LogP contribution in [0.1, 0.15) is 11.1 Å². The zero-order valence-corrected chi connectivity index (χ0v) is 17.4. The summed E-state index contributed by atoms with van der Waals surface area (Å²) >= 11 is 16.4. The maximum Gasteiger partial charge on any atom is 0.293 e. The third-order valence-corrected chi connectivity index (χ3v) is 5.68. The fourth-order valence-electron chi connectivity index (χ4n) is 2.24. The molecule has 0 unspecified atom stereocenters. The number of ether oxygens (including phenoxy) is 1. The molecule has 2 amide bonds. The Labute approximate surface area is 173 Å². The zero-order chi connectivity index (χ0) is 18.8. The van der Waals surface area contributed by atoms with Crippen LogP contribution in [0.3, 0.4) is 0 Å². The highest BCUT2D eigenvalue weighted by molar-refractivity contribution is 9.10. The molecule has 0 spiro atoms. The standard InChI is InChI=1S/C18H12BrCl2NO3S/c1-22-17(23)16(26-18(22)24)7-11-6-12(19)3-5-15(11)25-9-10-2-4-13(20)8-14(10)21/h2-8H,9H2,1H3/b16-7-. The molecular weight excluding hydrogens is 461 g/mol. The molecule has 2 aromatic rings. The summed E-state index contributed by atoms with van der Waals surface area (Å²) in [5.41, 5.74) is 1.47. The number of amides is 2. The van der Waals surface area contributed by atoms with Crippen LogP contribution in [0.4, 0.5) is 4.79 Å². The molecule has 1 aliphatic heterocycles. The van der Waals surface area contributed by atoms with Gasteiger partial charge in [0.1, 0.15) is 12.4 Å². The van der Waals surface area contributed by atoms with Crippen molar-refractivity contribution in [1.29, 1.82) is 0 Å². The number of hydrogen-bond acceptors (Lipinski definition) is 4. The van der Waals surface area contributed by atoms with Gasteiger partial charge in [0.2, 0.25) is 0 Å². The highest BCUT2D eigenvalue weighted by Gasteiger charge is 2.32. The van der Waals surface area contributed by atoms with Crippen LogP contribution in [0.5, 0.6) is 5.75 Å². The molecule has 0 aromatic heterocycles. The van der Waals surface area contributed by atoms with E-state index in [-0.39, 0.29) is 17.8 Å². The predicted octanol–water partition coefficient (Wildman–Crippen LogP) is 6.00. The third-order valence-electron chi connectivity index (χ3n) is 3.64. The van der Waals surface area contributed by atoms with Gasteiger partial charge in [-0.1, -0.05) is 45.2 Å². The van der Waals surface area contributed by atoms with Crippen molar-refractivity contribution in [2.45, 2.75) is 6.61 Å². The van der Waals surface area contributed by atoms with E-state index < -0.39 is 0 Å². The minimum absolute atomic E-state index is 0.244. The van der Waals surface area contributed by atoms with Gasteiger partial charge in [-0.2, -0.15) is 0 Å². The second-order valence-corrected chi connectivity index (χ2v) is 8.20. The number of halogens is 3. The second kappa shape index (κ2) is 8.05. The van der Waals surface area contributed by atoms with Crippen LogP contribution < -0.4 is 4.74 Å². The van der Waals surface area contributed by atoms with Crippen LogP contribution in [0.15, 0.2) is 45.8 Å². The minimum atomic E-state index is -0.327. The Balaban J connectivity index is 1.87. The topological polar surface area (TPSA) is 46.6 Å². The van der Waals surface area contributed by atoms with Crippen molar-refractivity contribution in [2.24, 2.45) is 0 Å². The van der Waals surface area contributed by atoms with Crippen LogP contribution in [0.25, 0.3) is 6.08 Å². The zero-order valence-electron chi connectivity index (χ0n) is 13.5. The van der Waals surface area contributed by atoms with Gasteiger partial charge in [0, 0.05) is 32.7 Å². The first-order valence-electron chi connectivity index (χ1n) is 7.43. The number of nitrogens with zero attached hydrogens (tertiary/aromatic N) is 1. The predicted molar refractivity (Wildman–Crippen MR) is 109 cm³/mol. The van der Waals surface area contributed by atoms with Crippen molar-refractivity contribution in [2.75, 3.05) is 7.05 Å². The summed E-state index contributed by atoms with van der Waals surface area (Å²) in [5.74, 6) is 0.244. The first-order valence-corrected chi connectivity index (χ1v) is 9.79. The maximum atomic E-state index is 12.1. The van der Waals surface area contributed by atoms with Crippen LogP contribution >= 0.6 is 50.9 Å². The molecule has 0 radical (unpaired) electrons. The molecule has 2 aromatic carbocycles. The van der Waals surface area contributed by atoms with Gasteiger partial charge in [-0.3, -0.25) is 14.5 Å². The van der Waals surface area contributed by atoms with E-state index in [9.17, 15) is 9.59 Å². The van der Waals surface area contributed by atoms with Gasteiger partial charge < -0.3 is 4.74 Å². The van der Waals surface area contributed by atoms with Gasteiger partial charge in [-0.25, -0.2) is 0 Å². The van der Waals surface area contributed by atoms with Crippen molar-refractivity contribution in [3.8, 4) is 5.75 Å². The summed E-state index contributed by atoms with van der Waals surface area (Å²) in [4.78, 5) is 25.2. The fraction of sp³-hybridized carbons (Fsp3) is 0.111. The quantitative estimate of drug-likeness (QED) is 0.512. The molecule has 0 N–H and O–H groups in total. The van der Waals surface area contributed by atoms with Crippen molar-refractivity contribution < 1.29 is 14.3 Å². The molecule has 0 saturated carbocycles. The van der Waals surface area contributed by atoms with Crippen LogP contribution in [0.2, 0.25) is 10.0 Å². The average Bonchev–Trinajstić information content (AvgIpc) is 2.82. The van der Waals surface area contributed by atoms with E-state index in [4.69, 9.17) is 27.9 Å². The number of rotatable bonds is 4. The maximum absolute atomic E-state index is 12.1. The Morgan fingerprint density at radius 2 is 1.96 bits per heavy atom. The van der Waals surface area contributed by atoms with Crippen LogP contribution in [-0.2, 0) is 11.4 Å². The summed E-state index contributed by atoms with van der Waals surface area (Å²) in [7, 11) is 1.46. The lowest BCUT2D eigenvalue weighted by Crippen LogP contribution is -2.22. The lowest BCUT2D eigenvalue weighted by molar-refractivity contribution is -0.121. The van der Waals surface area contributed by atoms with Gasteiger partial charge in [0.05, 0.1) is 4.91 Å². The van der Waals surface area contributed by atoms with Gasteiger partial charge in [0.15, 0.2) is 0 Å². The molecule has 0 aliphatic carbocycles. The molecule has 3 rings (SSSR count). The summed E-state index contributed by atoms with van der Waals surface area (Å²) in [5, 5.41) is 0.772. The Morgan fingerprint density at radius 1 is 1.19 bits per heavy atom. The Hall–Kier alpha value is -1.47. The monoisotopic (exact) mass is 471 g/mol. The van der Waals surface area contributed by atoms with E-state index in [2.05, 4.69) is 15.9 Å². The summed E-state index contributed by atoms with van der Waals surface area (Å²) in [6.07, 6.45) is 1.65. The Kier molecular flexibility index (Phi) is 5.97. The van der Waals surface area contributed by atoms with Crippen molar-refractivity contribution in [3.05, 3.63) is 66.9 Å². The van der Waals surface area contributed by atoms with E-state index in [1.54, 1.807) is 30.3 Å². The molecule has 0 bridgehead atoms. The molecular formula is C18H12BrCl2NO3S. The first kappa shape index (κ1) is 19.3. The van der Waals surface area contributed by atoms with Crippen molar-refractivity contribution in [1.82, 2.24) is 4.90 Å². The van der Waals surface area contributed by atoms with Crippen molar-refractivity contribution >= 4 is 68.1 Å². The first-order chi connectivity index (χ1) is 12.3. The molecule has 1 saturated heterocycles. The smallest absolute Gasteiger partial charge is 0.293 e. The van der Waals surface area contributed by atoms with Gasteiger partial charge in [-0.05, 0) is 48.2 Å². The fourth-order valence-corrected chi connectivity index (χ4v) is 3.90. The van der Waals surface area contributed by atoms with E-state index in [0.717, 1.165) is 26.7 Å². The van der Waals surface area contributed by atoms with E-state index in [0.29, 0.717) is 26.3 Å². The summed E-state index contributed by atoms with van der Waals surface area (Å²) in [6, 6.07) is 10.6. The van der Waals surface area contributed by atoms with Crippen LogP contribution in [0, 0.1) is 0 Å². The van der Waals surface area contributed by atoms with E-state index in [1.807, 2.05) is 12.1 Å². The van der Waals surface area contributed by atoms with E-state index >= 15 is 0 Å². The number of thioether (sulfide) groups is 1. The molecule has 1 aliphatic rings. The number of benzene rings is 2.